The van der Waals surface area contributed by atoms with Gasteiger partial charge in [0.05, 0.1) is 11.4 Å². The lowest BCUT2D eigenvalue weighted by atomic mass is 10.2. The van der Waals surface area contributed by atoms with E-state index in [0.29, 0.717) is 10.6 Å². The van der Waals surface area contributed by atoms with Crippen molar-refractivity contribution in [1.82, 2.24) is 4.90 Å². The highest BCUT2D eigenvalue weighted by Crippen LogP contribution is 2.27. The Morgan fingerprint density at radius 1 is 1.00 bits per heavy atom. The zero-order chi connectivity index (χ0) is 16.2. The van der Waals surface area contributed by atoms with Crippen LogP contribution in [-0.4, -0.2) is 44.0 Å². The van der Waals surface area contributed by atoms with Gasteiger partial charge in [0, 0.05) is 36.8 Å². The number of nitrogens with zero attached hydrogens (tertiary/aromatic N) is 2. The lowest BCUT2D eigenvalue weighted by Crippen LogP contribution is -2.44. The molecule has 2 aromatic carbocycles. The van der Waals surface area contributed by atoms with Crippen molar-refractivity contribution in [3.63, 3.8) is 0 Å². The van der Waals surface area contributed by atoms with E-state index in [1.54, 1.807) is 24.3 Å². The normalized spacial score (nSPS) is 15.5. The molecule has 0 aromatic heterocycles. The first-order valence-corrected chi connectivity index (χ1v) is 8.11. The monoisotopic (exact) mass is 329 g/mol. The highest BCUT2D eigenvalue weighted by Gasteiger charge is 2.18. The standard InChI is InChI=1S/C18H20ClN3O/c1-21-10-12-22(13-11-21)17-5-3-2-4-16(17)20-18(23)14-6-8-15(19)9-7-14/h2-9H,10-13H2,1H3,(H,20,23). The summed E-state index contributed by atoms with van der Waals surface area (Å²) < 4.78 is 0. The number of piperazine rings is 1. The third kappa shape index (κ3) is 3.84. The van der Waals surface area contributed by atoms with Crippen molar-refractivity contribution in [3.8, 4) is 0 Å². The van der Waals surface area contributed by atoms with Gasteiger partial charge in [-0.05, 0) is 43.4 Å². The highest BCUT2D eigenvalue weighted by molar-refractivity contribution is 6.30. The van der Waals surface area contributed by atoms with Crippen LogP contribution < -0.4 is 10.2 Å². The molecule has 1 aliphatic heterocycles. The van der Waals surface area contributed by atoms with Crippen LogP contribution in [0.2, 0.25) is 5.02 Å². The van der Waals surface area contributed by atoms with E-state index in [0.717, 1.165) is 37.6 Å². The second-order valence-electron chi connectivity index (χ2n) is 5.77. The van der Waals surface area contributed by atoms with E-state index in [9.17, 15) is 4.79 Å². The average molecular weight is 330 g/mol. The zero-order valence-corrected chi connectivity index (χ0v) is 13.9. The summed E-state index contributed by atoms with van der Waals surface area (Å²) >= 11 is 5.87. The number of carbonyl (C=O) groups excluding carboxylic acids is 1. The fourth-order valence-corrected chi connectivity index (χ4v) is 2.82. The molecule has 0 aliphatic carbocycles. The number of anilines is 2. The molecule has 0 atom stereocenters. The maximum atomic E-state index is 12.4. The Morgan fingerprint density at radius 3 is 2.35 bits per heavy atom. The first-order valence-electron chi connectivity index (χ1n) is 7.73. The van der Waals surface area contributed by atoms with Crippen LogP contribution in [0.3, 0.4) is 0 Å². The maximum absolute atomic E-state index is 12.4. The van der Waals surface area contributed by atoms with Crippen LogP contribution in [-0.2, 0) is 0 Å². The van der Waals surface area contributed by atoms with Gasteiger partial charge >= 0.3 is 0 Å². The number of carbonyl (C=O) groups is 1. The smallest absolute Gasteiger partial charge is 0.255 e. The Bertz CT molecular complexity index is 679. The summed E-state index contributed by atoms with van der Waals surface area (Å²) in [7, 11) is 2.13. The third-order valence-corrected chi connectivity index (χ3v) is 4.35. The summed E-state index contributed by atoms with van der Waals surface area (Å²) in [4.78, 5) is 17.1. The first-order chi connectivity index (χ1) is 11.1. The Kier molecular flexibility index (Phi) is 4.84. The molecule has 0 spiro atoms. The summed E-state index contributed by atoms with van der Waals surface area (Å²) in [5.41, 5.74) is 2.52. The Balaban J connectivity index is 1.77. The molecule has 23 heavy (non-hydrogen) atoms. The van der Waals surface area contributed by atoms with Crippen LogP contribution in [0.15, 0.2) is 48.5 Å². The van der Waals surface area contributed by atoms with E-state index < -0.39 is 0 Å². The summed E-state index contributed by atoms with van der Waals surface area (Å²) in [6.45, 7) is 3.98. The van der Waals surface area contributed by atoms with Gasteiger partial charge in [0.15, 0.2) is 0 Å². The number of nitrogens with one attached hydrogen (secondary N) is 1. The van der Waals surface area contributed by atoms with Crippen LogP contribution in [0.4, 0.5) is 11.4 Å². The van der Waals surface area contributed by atoms with Gasteiger partial charge in [-0.3, -0.25) is 4.79 Å². The molecule has 1 fully saturated rings. The quantitative estimate of drug-likeness (QED) is 0.938. The highest BCUT2D eigenvalue weighted by atomic mass is 35.5. The van der Waals surface area contributed by atoms with E-state index in [1.165, 1.54) is 0 Å². The minimum atomic E-state index is -0.122. The third-order valence-electron chi connectivity index (χ3n) is 4.10. The lowest BCUT2D eigenvalue weighted by Gasteiger charge is -2.35. The Hall–Kier alpha value is -2.04. The molecular weight excluding hydrogens is 310 g/mol. The molecule has 5 heteroatoms. The SMILES string of the molecule is CN1CCN(c2ccccc2NC(=O)c2ccc(Cl)cc2)CC1. The minimum Gasteiger partial charge on any atom is -0.367 e. The first kappa shape index (κ1) is 15.8. The molecule has 1 heterocycles. The van der Waals surface area contributed by atoms with Gasteiger partial charge < -0.3 is 15.1 Å². The number of likely N-dealkylation sites (N-methyl/N-ethyl adjacent to an activating group) is 1. The Morgan fingerprint density at radius 2 is 1.65 bits per heavy atom. The van der Waals surface area contributed by atoms with E-state index in [4.69, 9.17) is 11.6 Å². The molecule has 3 rings (SSSR count). The fraction of sp³-hybridized carbons (Fsp3) is 0.278. The van der Waals surface area contributed by atoms with Gasteiger partial charge in [-0.15, -0.1) is 0 Å². The predicted molar refractivity (Wildman–Crippen MR) is 95.6 cm³/mol. The molecule has 4 nitrogen and oxygen atoms in total. The number of halogens is 1. The molecule has 1 saturated heterocycles. The van der Waals surface area contributed by atoms with Crippen LogP contribution in [0, 0.1) is 0 Å². The van der Waals surface area contributed by atoms with Gasteiger partial charge in [-0.1, -0.05) is 23.7 Å². The zero-order valence-electron chi connectivity index (χ0n) is 13.1. The molecule has 1 N–H and O–H groups in total. The molecule has 1 aliphatic rings. The van der Waals surface area contributed by atoms with Crippen molar-refractivity contribution in [2.24, 2.45) is 0 Å². The van der Waals surface area contributed by atoms with Gasteiger partial charge in [0.25, 0.3) is 5.91 Å². The van der Waals surface area contributed by atoms with E-state index in [-0.39, 0.29) is 5.91 Å². The van der Waals surface area contributed by atoms with Crippen molar-refractivity contribution in [2.75, 3.05) is 43.4 Å². The molecule has 2 aromatic rings. The number of hydrogen-bond donors (Lipinski definition) is 1. The second-order valence-corrected chi connectivity index (χ2v) is 6.20. The number of rotatable bonds is 3. The molecule has 0 radical (unpaired) electrons. The van der Waals surface area contributed by atoms with Crippen molar-refractivity contribution in [2.45, 2.75) is 0 Å². The summed E-state index contributed by atoms with van der Waals surface area (Å²) in [6, 6.07) is 14.9. The molecule has 0 saturated carbocycles. The van der Waals surface area contributed by atoms with Crippen molar-refractivity contribution in [1.29, 1.82) is 0 Å². The average Bonchev–Trinajstić information content (AvgIpc) is 2.57. The van der Waals surface area contributed by atoms with Crippen LogP contribution in [0.5, 0.6) is 0 Å². The van der Waals surface area contributed by atoms with E-state index >= 15 is 0 Å². The van der Waals surface area contributed by atoms with Gasteiger partial charge in [0.2, 0.25) is 0 Å². The van der Waals surface area contributed by atoms with E-state index in [2.05, 4.69) is 28.2 Å². The predicted octanol–water partition coefficient (Wildman–Crippen LogP) is 3.34. The van der Waals surface area contributed by atoms with Gasteiger partial charge in [-0.2, -0.15) is 0 Å². The van der Waals surface area contributed by atoms with Crippen molar-refractivity contribution >= 4 is 28.9 Å². The van der Waals surface area contributed by atoms with Gasteiger partial charge in [-0.25, -0.2) is 0 Å². The fourth-order valence-electron chi connectivity index (χ4n) is 2.70. The lowest BCUT2D eigenvalue weighted by molar-refractivity contribution is 0.102. The largest absolute Gasteiger partial charge is 0.367 e. The van der Waals surface area contributed by atoms with Crippen LogP contribution in [0.1, 0.15) is 10.4 Å². The number of hydrogen-bond acceptors (Lipinski definition) is 3. The molecule has 1 amide bonds. The molecule has 120 valence electrons. The minimum absolute atomic E-state index is 0.122. The van der Waals surface area contributed by atoms with Gasteiger partial charge in [0.1, 0.15) is 0 Å². The molecular formula is C18H20ClN3O. The van der Waals surface area contributed by atoms with Crippen molar-refractivity contribution < 1.29 is 4.79 Å². The van der Waals surface area contributed by atoms with Crippen LogP contribution >= 0.6 is 11.6 Å². The summed E-state index contributed by atoms with van der Waals surface area (Å²) in [5, 5.41) is 3.64. The maximum Gasteiger partial charge on any atom is 0.255 e. The topological polar surface area (TPSA) is 35.6 Å². The second kappa shape index (κ2) is 7.02. The summed E-state index contributed by atoms with van der Waals surface area (Å²) in [5.74, 6) is -0.122. The Labute approximate surface area is 141 Å². The summed E-state index contributed by atoms with van der Waals surface area (Å²) in [6.07, 6.45) is 0. The van der Waals surface area contributed by atoms with Crippen molar-refractivity contribution in [3.05, 3.63) is 59.1 Å². The number of amides is 1. The molecule has 0 bridgehead atoms. The van der Waals surface area contributed by atoms with E-state index in [1.807, 2.05) is 18.2 Å². The number of para-hydroxylation sites is 2. The molecule has 0 unspecified atom stereocenters. The van der Waals surface area contributed by atoms with Crippen LogP contribution in [0.25, 0.3) is 0 Å². The number of benzene rings is 2.